The summed E-state index contributed by atoms with van der Waals surface area (Å²) in [6, 6.07) is 5.64. The molecular weight excluding hydrogens is 185 g/mol. The molecule has 0 spiro atoms. The number of carbonyl (C=O) groups excluding carboxylic acids is 1. The van der Waals surface area contributed by atoms with Crippen molar-refractivity contribution in [1.29, 1.82) is 0 Å². The van der Waals surface area contributed by atoms with Crippen molar-refractivity contribution in [2.75, 3.05) is 0 Å². The largest absolute Gasteiger partial charge is 0.461 e. The predicted molar refractivity (Wildman–Crippen MR) is 46.3 cm³/mol. The summed E-state index contributed by atoms with van der Waals surface area (Å²) in [5.74, 6) is -1.11. The third-order valence-electron chi connectivity index (χ3n) is 1.72. The summed E-state index contributed by atoms with van der Waals surface area (Å²) in [6.07, 6.45) is 2.72. The third-order valence-corrected chi connectivity index (χ3v) is 1.72. The fraction of sp³-hybridized carbons (Fsp3) is 0. The highest BCUT2D eigenvalue weighted by atomic mass is 19.1. The molecule has 0 unspecified atom stereocenters. The Balaban J connectivity index is 2.42. The highest BCUT2D eigenvalue weighted by molar-refractivity contribution is 6.05. The second-order valence-electron chi connectivity index (χ2n) is 2.64. The van der Waals surface area contributed by atoms with Gasteiger partial charge in [0.25, 0.3) is 0 Å². The van der Waals surface area contributed by atoms with Gasteiger partial charge in [-0.15, -0.1) is 0 Å². The standard InChI is InChI=1S/C10H6FNO2/c11-7-3-1-5-12-9(7)10(13)8-4-2-6-14-8/h1-6H. The minimum absolute atomic E-state index is 0.0857. The van der Waals surface area contributed by atoms with Crippen LogP contribution in [0.4, 0.5) is 4.39 Å². The molecule has 4 heteroatoms. The van der Waals surface area contributed by atoms with Crippen LogP contribution in [-0.4, -0.2) is 10.8 Å². The lowest BCUT2D eigenvalue weighted by Crippen LogP contribution is -2.05. The van der Waals surface area contributed by atoms with Crippen molar-refractivity contribution >= 4 is 5.78 Å². The second-order valence-corrected chi connectivity index (χ2v) is 2.64. The highest BCUT2D eigenvalue weighted by Gasteiger charge is 2.16. The molecule has 0 saturated heterocycles. The average molecular weight is 191 g/mol. The van der Waals surface area contributed by atoms with Crippen molar-refractivity contribution in [3.63, 3.8) is 0 Å². The summed E-state index contributed by atoms with van der Waals surface area (Å²) in [5, 5.41) is 0. The minimum Gasteiger partial charge on any atom is -0.461 e. The zero-order valence-electron chi connectivity index (χ0n) is 7.11. The van der Waals surface area contributed by atoms with Gasteiger partial charge in [-0.1, -0.05) is 0 Å². The molecule has 0 N–H and O–H groups in total. The van der Waals surface area contributed by atoms with Gasteiger partial charge in [-0.05, 0) is 24.3 Å². The lowest BCUT2D eigenvalue weighted by atomic mass is 10.2. The van der Waals surface area contributed by atoms with E-state index in [2.05, 4.69) is 4.98 Å². The molecule has 0 radical (unpaired) electrons. The van der Waals surface area contributed by atoms with E-state index in [9.17, 15) is 9.18 Å². The highest BCUT2D eigenvalue weighted by Crippen LogP contribution is 2.10. The van der Waals surface area contributed by atoms with E-state index in [1.807, 2.05) is 0 Å². The number of halogens is 1. The van der Waals surface area contributed by atoms with E-state index in [-0.39, 0.29) is 11.5 Å². The van der Waals surface area contributed by atoms with Crippen molar-refractivity contribution < 1.29 is 13.6 Å². The summed E-state index contributed by atoms with van der Waals surface area (Å²) in [5.41, 5.74) is -0.220. The molecule has 0 amide bonds. The summed E-state index contributed by atoms with van der Waals surface area (Å²) in [4.78, 5) is 15.2. The molecule has 14 heavy (non-hydrogen) atoms. The van der Waals surface area contributed by atoms with Crippen LogP contribution in [0.2, 0.25) is 0 Å². The number of furan rings is 1. The Kier molecular flexibility index (Phi) is 2.10. The van der Waals surface area contributed by atoms with E-state index < -0.39 is 11.6 Å². The molecule has 0 aliphatic rings. The maximum Gasteiger partial charge on any atom is 0.249 e. The molecule has 0 bridgehead atoms. The zero-order valence-corrected chi connectivity index (χ0v) is 7.11. The number of pyridine rings is 1. The number of hydrogen-bond acceptors (Lipinski definition) is 3. The van der Waals surface area contributed by atoms with Crippen LogP contribution in [0.1, 0.15) is 16.2 Å². The number of carbonyl (C=O) groups is 1. The summed E-state index contributed by atoms with van der Waals surface area (Å²) in [6.45, 7) is 0. The van der Waals surface area contributed by atoms with Gasteiger partial charge in [0.15, 0.2) is 11.6 Å². The number of nitrogens with zero attached hydrogens (tertiary/aromatic N) is 1. The Labute approximate surface area is 79.2 Å². The van der Waals surface area contributed by atoms with Crippen molar-refractivity contribution in [2.24, 2.45) is 0 Å². The summed E-state index contributed by atoms with van der Waals surface area (Å²) < 4.78 is 18.0. The van der Waals surface area contributed by atoms with Crippen molar-refractivity contribution in [3.8, 4) is 0 Å². The van der Waals surface area contributed by atoms with Gasteiger partial charge in [-0.2, -0.15) is 0 Å². The normalized spacial score (nSPS) is 10.1. The van der Waals surface area contributed by atoms with Gasteiger partial charge in [0.1, 0.15) is 5.69 Å². The van der Waals surface area contributed by atoms with Crippen molar-refractivity contribution in [1.82, 2.24) is 4.98 Å². The Hall–Kier alpha value is -1.97. The van der Waals surface area contributed by atoms with E-state index in [1.54, 1.807) is 6.07 Å². The van der Waals surface area contributed by atoms with Crippen LogP contribution in [0, 0.1) is 5.82 Å². The van der Waals surface area contributed by atoms with Gasteiger partial charge in [-0.3, -0.25) is 4.79 Å². The monoisotopic (exact) mass is 191 g/mol. The first-order valence-corrected chi connectivity index (χ1v) is 3.98. The lowest BCUT2D eigenvalue weighted by Gasteiger charge is -1.96. The van der Waals surface area contributed by atoms with Crippen molar-refractivity contribution in [3.05, 3.63) is 54.0 Å². The van der Waals surface area contributed by atoms with E-state index >= 15 is 0 Å². The van der Waals surface area contributed by atoms with Gasteiger partial charge >= 0.3 is 0 Å². The van der Waals surface area contributed by atoms with Crippen LogP contribution in [0.5, 0.6) is 0 Å². The molecule has 2 aromatic heterocycles. The Morgan fingerprint density at radius 2 is 2.21 bits per heavy atom. The molecule has 3 nitrogen and oxygen atoms in total. The Morgan fingerprint density at radius 3 is 2.86 bits per heavy atom. The first kappa shape index (κ1) is 8.62. The van der Waals surface area contributed by atoms with Gasteiger partial charge in [0.2, 0.25) is 5.78 Å². The number of hydrogen-bond donors (Lipinski definition) is 0. The van der Waals surface area contributed by atoms with Crippen LogP contribution in [0.15, 0.2) is 41.1 Å². The molecule has 0 atom stereocenters. The Morgan fingerprint density at radius 1 is 1.36 bits per heavy atom. The molecule has 0 aliphatic carbocycles. The third kappa shape index (κ3) is 1.42. The van der Waals surface area contributed by atoms with Crippen LogP contribution in [0.3, 0.4) is 0 Å². The van der Waals surface area contributed by atoms with Gasteiger partial charge in [-0.25, -0.2) is 9.37 Å². The minimum atomic E-state index is -0.645. The molecule has 2 heterocycles. The fourth-order valence-corrected chi connectivity index (χ4v) is 1.08. The molecular formula is C10H6FNO2. The van der Waals surface area contributed by atoms with Crippen LogP contribution in [0.25, 0.3) is 0 Å². The second kappa shape index (κ2) is 3.41. The Bertz CT molecular complexity index is 451. The predicted octanol–water partition coefficient (Wildman–Crippen LogP) is 2.04. The number of ketones is 1. The SMILES string of the molecule is O=C(c1ccco1)c1ncccc1F. The van der Waals surface area contributed by atoms with Crippen molar-refractivity contribution in [2.45, 2.75) is 0 Å². The van der Waals surface area contributed by atoms with E-state index in [1.165, 1.54) is 30.7 Å². The molecule has 2 rings (SSSR count). The average Bonchev–Trinajstić information content (AvgIpc) is 2.70. The van der Waals surface area contributed by atoms with Crippen LogP contribution in [-0.2, 0) is 0 Å². The number of rotatable bonds is 2. The van der Waals surface area contributed by atoms with E-state index in [0.29, 0.717) is 0 Å². The molecule has 0 fully saturated rings. The van der Waals surface area contributed by atoms with Gasteiger partial charge in [0.05, 0.1) is 6.26 Å². The molecule has 70 valence electrons. The summed E-state index contributed by atoms with van der Waals surface area (Å²) in [7, 11) is 0. The zero-order chi connectivity index (χ0) is 9.97. The fourth-order valence-electron chi connectivity index (χ4n) is 1.08. The molecule has 0 aliphatic heterocycles. The van der Waals surface area contributed by atoms with Gasteiger partial charge in [0, 0.05) is 6.20 Å². The molecule has 0 aromatic carbocycles. The maximum absolute atomic E-state index is 13.1. The van der Waals surface area contributed by atoms with Crippen LogP contribution < -0.4 is 0 Å². The smallest absolute Gasteiger partial charge is 0.249 e. The van der Waals surface area contributed by atoms with Gasteiger partial charge < -0.3 is 4.42 Å². The molecule has 2 aromatic rings. The van der Waals surface area contributed by atoms with E-state index in [0.717, 1.165) is 0 Å². The number of aromatic nitrogens is 1. The first-order chi connectivity index (χ1) is 6.79. The van der Waals surface area contributed by atoms with E-state index in [4.69, 9.17) is 4.42 Å². The molecule has 0 saturated carbocycles. The topological polar surface area (TPSA) is 43.1 Å². The maximum atomic E-state index is 13.1. The lowest BCUT2D eigenvalue weighted by molar-refractivity contribution is 0.1000. The van der Waals surface area contributed by atoms with Crippen LogP contribution >= 0.6 is 0 Å². The first-order valence-electron chi connectivity index (χ1n) is 3.98. The summed E-state index contributed by atoms with van der Waals surface area (Å²) >= 11 is 0. The quantitative estimate of drug-likeness (QED) is 0.682.